The molecule has 5 rings (SSSR count). The van der Waals surface area contributed by atoms with Crippen molar-refractivity contribution in [2.24, 2.45) is 0 Å². The average molecular weight is 456 g/mol. The van der Waals surface area contributed by atoms with Crippen molar-refractivity contribution in [2.75, 3.05) is 9.80 Å². The lowest BCUT2D eigenvalue weighted by atomic mass is 10.1. The number of carbonyl (C=O) groups excluding carboxylic acids is 2. The number of para-hydroxylation sites is 2. The van der Waals surface area contributed by atoms with Crippen LogP contribution in [0.1, 0.15) is 11.1 Å². The first-order chi connectivity index (χ1) is 16.2. The fraction of sp³-hybridized carbons (Fsp3) is 0.115. The highest BCUT2D eigenvalue weighted by atomic mass is 32.1. The molecule has 4 aromatic rings. The number of hydrogen-bond donors (Lipinski definition) is 0. The van der Waals surface area contributed by atoms with Crippen LogP contribution in [0.4, 0.5) is 21.3 Å². The van der Waals surface area contributed by atoms with Gasteiger partial charge in [-0.3, -0.25) is 14.6 Å². The second-order valence-electron chi connectivity index (χ2n) is 7.58. The fourth-order valence-electron chi connectivity index (χ4n) is 3.98. The quantitative estimate of drug-likeness (QED) is 0.394. The van der Waals surface area contributed by atoms with Gasteiger partial charge in [-0.1, -0.05) is 66.7 Å². The maximum Gasteiger partial charge on any atom is 0.415 e. The maximum atomic E-state index is 13.9. The Labute approximate surface area is 195 Å². The van der Waals surface area contributed by atoms with Crippen molar-refractivity contribution in [3.05, 3.63) is 108 Å². The van der Waals surface area contributed by atoms with Crippen molar-refractivity contribution in [1.82, 2.24) is 4.98 Å². The molecule has 6 nitrogen and oxygen atoms in total. The van der Waals surface area contributed by atoms with E-state index in [4.69, 9.17) is 4.74 Å². The van der Waals surface area contributed by atoms with E-state index in [9.17, 15) is 9.59 Å². The molecule has 2 amide bonds. The number of thiazole rings is 1. The highest BCUT2D eigenvalue weighted by Gasteiger charge is 2.42. The molecule has 33 heavy (non-hydrogen) atoms. The van der Waals surface area contributed by atoms with Crippen LogP contribution in [-0.2, 0) is 22.6 Å². The summed E-state index contributed by atoms with van der Waals surface area (Å²) >= 11 is 1.37. The summed E-state index contributed by atoms with van der Waals surface area (Å²) in [4.78, 5) is 34.6. The zero-order chi connectivity index (χ0) is 22.6. The molecule has 2 heterocycles. The molecule has 1 unspecified atom stereocenters. The van der Waals surface area contributed by atoms with Crippen molar-refractivity contribution in [1.29, 1.82) is 0 Å². The molecule has 1 atom stereocenters. The van der Waals surface area contributed by atoms with Gasteiger partial charge in [-0.2, -0.15) is 0 Å². The molecule has 0 fully saturated rings. The van der Waals surface area contributed by atoms with Crippen LogP contribution in [0, 0.1) is 0 Å². The minimum absolute atomic E-state index is 0.133. The molecule has 0 aliphatic carbocycles. The number of ether oxygens (including phenoxy) is 1. The minimum Gasteiger partial charge on any atom is -0.444 e. The summed E-state index contributed by atoms with van der Waals surface area (Å²) in [5, 5.41) is 2.38. The van der Waals surface area contributed by atoms with E-state index in [1.807, 2.05) is 90.3 Å². The van der Waals surface area contributed by atoms with Gasteiger partial charge >= 0.3 is 6.09 Å². The molecule has 0 spiro atoms. The molecule has 1 aromatic heterocycles. The van der Waals surface area contributed by atoms with Gasteiger partial charge in [-0.25, -0.2) is 9.78 Å². The van der Waals surface area contributed by atoms with Crippen LogP contribution in [0.5, 0.6) is 0 Å². The molecule has 0 saturated heterocycles. The Hall–Kier alpha value is -3.97. The van der Waals surface area contributed by atoms with Crippen molar-refractivity contribution >= 4 is 39.8 Å². The molecule has 1 aliphatic rings. The number of carbonyl (C=O) groups is 2. The first kappa shape index (κ1) is 20.9. The fourth-order valence-corrected chi connectivity index (χ4v) is 4.65. The summed E-state index contributed by atoms with van der Waals surface area (Å²) in [5.41, 5.74) is 3.21. The van der Waals surface area contributed by atoms with Crippen molar-refractivity contribution in [2.45, 2.75) is 19.1 Å². The second-order valence-corrected chi connectivity index (χ2v) is 8.46. The third-order valence-corrected chi connectivity index (χ3v) is 6.26. The summed E-state index contributed by atoms with van der Waals surface area (Å²) in [7, 11) is 0. The predicted octanol–water partition coefficient (Wildman–Crippen LogP) is 5.58. The topological polar surface area (TPSA) is 62.7 Å². The van der Waals surface area contributed by atoms with E-state index in [1.54, 1.807) is 11.1 Å². The first-order valence-corrected chi connectivity index (χ1v) is 11.5. The minimum atomic E-state index is -0.741. The average Bonchev–Trinajstić information content (AvgIpc) is 3.52. The van der Waals surface area contributed by atoms with Gasteiger partial charge in [0.1, 0.15) is 12.6 Å². The van der Waals surface area contributed by atoms with E-state index in [1.165, 1.54) is 16.2 Å². The number of hydrogen-bond acceptors (Lipinski definition) is 5. The number of nitrogens with zero attached hydrogens (tertiary/aromatic N) is 3. The van der Waals surface area contributed by atoms with Crippen LogP contribution in [0.2, 0.25) is 0 Å². The summed E-state index contributed by atoms with van der Waals surface area (Å²) in [5.74, 6) is -0.232. The van der Waals surface area contributed by atoms with Crippen LogP contribution in [-0.4, -0.2) is 23.0 Å². The normalized spacial score (nSPS) is 14.5. The van der Waals surface area contributed by atoms with Gasteiger partial charge in [0.05, 0.1) is 11.4 Å². The first-order valence-electron chi connectivity index (χ1n) is 10.6. The lowest BCUT2D eigenvalue weighted by Crippen LogP contribution is -2.48. The SMILES string of the molecule is O=C(C1Cc2ccccc2N1C(=O)OCc1ccccc1)N(c1ccccc1)c1nccs1. The molecular weight excluding hydrogens is 434 g/mol. The Morgan fingerprint density at radius 2 is 1.67 bits per heavy atom. The highest BCUT2D eigenvalue weighted by Crippen LogP contribution is 2.36. The van der Waals surface area contributed by atoms with E-state index in [0.29, 0.717) is 22.9 Å². The molecular formula is C26H21N3O3S. The molecule has 0 N–H and O–H groups in total. The van der Waals surface area contributed by atoms with Crippen LogP contribution < -0.4 is 9.80 Å². The predicted molar refractivity (Wildman–Crippen MR) is 129 cm³/mol. The largest absolute Gasteiger partial charge is 0.444 e. The smallest absolute Gasteiger partial charge is 0.415 e. The third kappa shape index (κ3) is 4.23. The van der Waals surface area contributed by atoms with E-state index in [0.717, 1.165) is 11.1 Å². The van der Waals surface area contributed by atoms with E-state index < -0.39 is 12.1 Å². The van der Waals surface area contributed by atoms with Gasteiger partial charge in [0.25, 0.3) is 5.91 Å². The van der Waals surface area contributed by atoms with E-state index in [2.05, 4.69) is 4.98 Å². The Morgan fingerprint density at radius 3 is 2.39 bits per heavy atom. The zero-order valence-corrected chi connectivity index (χ0v) is 18.5. The Balaban J connectivity index is 1.47. The third-order valence-electron chi connectivity index (χ3n) is 5.51. The van der Waals surface area contributed by atoms with Crippen LogP contribution in [0.25, 0.3) is 0 Å². The number of aromatic nitrogens is 1. The van der Waals surface area contributed by atoms with Crippen molar-refractivity contribution < 1.29 is 14.3 Å². The monoisotopic (exact) mass is 455 g/mol. The van der Waals surface area contributed by atoms with Crippen LogP contribution in [0.15, 0.2) is 96.5 Å². The summed E-state index contributed by atoms with van der Waals surface area (Å²) in [6.07, 6.45) is 1.53. The van der Waals surface area contributed by atoms with Crippen LogP contribution >= 0.6 is 11.3 Å². The summed E-state index contributed by atoms with van der Waals surface area (Å²) in [6, 6.07) is 25.7. The number of amides is 2. The van der Waals surface area contributed by atoms with E-state index >= 15 is 0 Å². The molecule has 3 aromatic carbocycles. The van der Waals surface area contributed by atoms with Gasteiger partial charge in [0.15, 0.2) is 5.13 Å². The van der Waals surface area contributed by atoms with Crippen molar-refractivity contribution in [3.8, 4) is 0 Å². The van der Waals surface area contributed by atoms with Gasteiger partial charge in [-0.15, -0.1) is 11.3 Å². The lowest BCUT2D eigenvalue weighted by Gasteiger charge is -2.29. The molecule has 0 saturated carbocycles. The molecule has 1 aliphatic heterocycles. The highest BCUT2D eigenvalue weighted by molar-refractivity contribution is 7.13. The number of anilines is 3. The number of rotatable bonds is 5. The molecule has 0 bridgehead atoms. The van der Waals surface area contributed by atoms with Gasteiger partial charge in [0.2, 0.25) is 0 Å². The van der Waals surface area contributed by atoms with Crippen LogP contribution in [0.3, 0.4) is 0 Å². The zero-order valence-electron chi connectivity index (χ0n) is 17.7. The Kier molecular flexibility index (Phi) is 5.87. The summed E-state index contributed by atoms with van der Waals surface area (Å²) < 4.78 is 5.63. The summed E-state index contributed by atoms with van der Waals surface area (Å²) in [6.45, 7) is 0.133. The standard InChI is InChI=1S/C26H21N3O3S/c30-24(28(25-27-15-16-33-25)21-12-5-2-6-13-21)23-17-20-11-7-8-14-22(20)29(23)26(31)32-18-19-9-3-1-4-10-19/h1-16,23H,17-18H2. The molecule has 7 heteroatoms. The van der Waals surface area contributed by atoms with Crippen molar-refractivity contribution in [3.63, 3.8) is 0 Å². The van der Waals surface area contributed by atoms with Gasteiger partial charge < -0.3 is 4.74 Å². The maximum absolute atomic E-state index is 13.9. The molecule has 164 valence electrons. The Morgan fingerprint density at radius 1 is 0.970 bits per heavy atom. The molecule has 0 radical (unpaired) electrons. The van der Waals surface area contributed by atoms with Gasteiger partial charge in [0, 0.05) is 18.0 Å². The number of fused-ring (bicyclic) bond motifs is 1. The number of benzene rings is 3. The second kappa shape index (κ2) is 9.26. The van der Waals surface area contributed by atoms with E-state index in [-0.39, 0.29) is 12.5 Å². The lowest BCUT2D eigenvalue weighted by molar-refractivity contribution is -0.119. The van der Waals surface area contributed by atoms with Gasteiger partial charge in [-0.05, 0) is 29.3 Å². The Bertz CT molecular complexity index is 1250.